The van der Waals surface area contributed by atoms with Crippen molar-refractivity contribution < 1.29 is 0 Å². The van der Waals surface area contributed by atoms with Crippen molar-refractivity contribution in [3.63, 3.8) is 0 Å². The normalized spacial score (nSPS) is 21.0. The number of hydrogen-bond donors (Lipinski definition) is 2. The Labute approximate surface area is 158 Å². The van der Waals surface area contributed by atoms with Crippen molar-refractivity contribution in [1.82, 2.24) is 15.6 Å². The van der Waals surface area contributed by atoms with Crippen LogP contribution in [0.3, 0.4) is 0 Å². The van der Waals surface area contributed by atoms with Crippen molar-refractivity contribution in [2.45, 2.75) is 65.3 Å². The highest BCUT2D eigenvalue weighted by atomic mass is 15.2. The molecule has 2 fully saturated rings. The monoisotopic (exact) mass is 357 g/mol. The highest BCUT2D eigenvalue weighted by Gasteiger charge is 2.28. The second kappa shape index (κ2) is 8.74. The van der Waals surface area contributed by atoms with E-state index in [1.54, 1.807) is 0 Å². The van der Waals surface area contributed by atoms with Crippen molar-refractivity contribution >= 4 is 11.8 Å². The van der Waals surface area contributed by atoms with E-state index in [0.29, 0.717) is 11.5 Å². The number of nitrogens with zero attached hydrogens (tertiary/aromatic N) is 3. The van der Waals surface area contributed by atoms with Gasteiger partial charge in [0.1, 0.15) is 5.82 Å². The Balaban J connectivity index is 1.51. The number of guanidine groups is 1. The number of hydrogen-bond acceptors (Lipinski definition) is 3. The molecule has 1 saturated carbocycles. The predicted octanol–water partition coefficient (Wildman–Crippen LogP) is 3.49. The third-order valence-electron chi connectivity index (χ3n) is 5.83. The molecule has 0 spiro atoms. The molecule has 0 radical (unpaired) electrons. The Morgan fingerprint density at radius 2 is 2.00 bits per heavy atom. The molecule has 26 heavy (non-hydrogen) atoms. The number of aromatic nitrogens is 1. The molecule has 0 bridgehead atoms. The molecule has 1 aromatic rings. The molecule has 1 aliphatic heterocycles. The minimum absolute atomic E-state index is 0.406. The van der Waals surface area contributed by atoms with Gasteiger partial charge in [0.25, 0.3) is 0 Å². The van der Waals surface area contributed by atoms with Crippen LogP contribution in [0.25, 0.3) is 0 Å². The summed E-state index contributed by atoms with van der Waals surface area (Å²) in [5.74, 6) is 2.09. The summed E-state index contributed by atoms with van der Waals surface area (Å²) < 4.78 is 0. The summed E-state index contributed by atoms with van der Waals surface area (Å²) >= 11 is 0. The zero-order valence-corrected chi connectivity index (χ0v) is 16.7. The van der Waals surface area contributed by atoms with Crippen LogP contribution in [0, 0.1) is 12.3 Å². The van der Waals surface area contributed by atoms with Gasteiger partial charge < -0.3 is 15.5 Å². The summed E-state index contributed by atoms with van der Waals surface area (Å²) in [6.45, 7) is 10.6. The van der Waals surface area contributed by atoms with Gasteiger partial charge in [0.05, 0.1) is 0 Å². The van der Waals surface area contributed by atoms with E-state index in [1.807, 2.05) is 6.20 Å². The molecule has 0 atom stereocenters. The maximum absolute atomic E-state index is 4.92. The van der Waals surface area contributed by atoms with Crippen molar-refractivity contribution in [3.05, 3.63) is 23.9 Å². The number of piperidine rings is 1. The van der Waals surface area contributed by atoms with Crippen molar-refractivity contribution in [2.75, 3.05) is 31.1 Å². The van der Waals surface area contributed by atoms with Crippen LogP contribution in [0.4, 0.5) is 5.82 Å². The highest BCUT2D eigenvalue weighted by Crippen LogP contribution is 2.37. The number of aliphatic imine (C=N–C) groups is 1. The second-order valence-corrected chi connectivity index (χ2v) is 8.31. The molecule has 2 heterocycles. The Hall–Kier alpha value is -1.78. The summed E-state index contributed by atoms with van der Waals surface area (Å²) in [7, 11) is 0. The van der Waals surface area contributed by atoms with Gasteiger partial charge in [-0.1, -0.05) is 25.8 Å². The van der Waals surface area contributed by atoms with Gasteiger partial charge in [0.15, 0.2) is 5.96 Å². The molecule has 2 aliphatic rings. The van der Waals surface area contributed by atoms with Gasteiger partial charge in [-0.2, -0.15) is 0 Å². The second-order valence-electron chi connectivity index (χ2n) is 8.31. The van der Waals surface area contributed by atoms with Crippen LogP contribution in [0.15, 0.2) is 23.3 Å². The molecular formula is C21H35N5. The Morgan fingerprint density at radius 1 is 1.27 bits per heavy atom. The smallest absolute Gasteiger partial charge is 0.191 e. The molecule has 5 nitrogen and oxygen atoms in total. The fraction of sp³-hybridized carbons (Fsp3) is 0.714. The first-order chi connectivity index (χ1) is 12.6. The average Bonchev–Trinajstić information content (AvgIpc) is 3.08. The molecule has 5 heteroatoms. The van der Waals surface area contributed by atoms with E-state index in [-0.39, 0.29) is 0 Å². The largest absolute Gasteiger partial charge is 0.357 e. The standard InChI is InChI=1S/C21H35N5/c1-4-22-20(24-16-21(3)11-5-6-12-21)25-18-9-13-26(14-10-18)19-8-7-17(2)15-23-19/h7-8,15,18H,4-6,9-14,16H2,1-3H3,(H2,22,24,25). The Bertz CT molecular complexity index is 581. The molecule has 1 aliphatic carbocycles. The SMILES string of the molecule is CCNC(=NCC1(C)CCCC1)NC1CCN(c2ccc(C)cn2)CC1. The van der Waals surface area contributed by atoms with E-state index < -0.39 is 0 Å². The van der Waals surface area contributed by atoms with E-state index >= 15 is 0 Å². The minimum Gasteiger partial charge on any atom is -0.357 e. The van der Waals surface area contributed by atoms with Crippen molar-refractivity contribution in [1.29, 1.82) is 0 Å². The van der Waals surface area contributed by atoms with Crippen LogP contribution in [0.2, 0.25) is 0 Å². The summed E-state index contributed by atoms with van der Waals surface area (Å²) in [6, 6.07) is 4.77. The van der Waals surface area contributed by atoms with Gasteiger partial charge in [-0.25, -0.2) is 4.98 Å². The maximum Gasteiger partial charge on any atom is 0.191 e. The fourth-order valence-corrected chi connectivity index (χ4v) is 4.07. The zero-order valence-electron chi connectivity index (χ0n) is 16.7. The quantitative estimate of drug-likeness (QED) is 0.626. The third kappa shape index (κ3) is 5.12. The lowest BCUT2D eigenvalue weighted by Gasteiger charge is -2.34. The third-order valence-corrected chi connectivity index (χ3v) is 5.83. The van der Waals surface area contributed by atoms with Crippen molar-refractivity contribution in [3.8, 4) is 0 Å². The molecule has 0 aromatic carbocycles. The summed E-state index contributed by atoms with van der Waals surface area (Å²) in [5, 5.41) is 7.10. The number of aryl methyl sites for hydroxylation is 1. The van der Waals surface area contributed by atoms with E-state index in [2.05, 4.69) is 53.4 Å². The first-order valence-electron chi connectivity index (χ1n) is 10.3. The zero-order chi connectivity index (χ0) is 18.4. The Kier molecular flexibility index (Phi) is 6.38. The molecule has 0 amide bonds. The van der Waals surface area contributed by atoms with E-state index in [0.717, 1.165) is 50.8 Å². The molecule has 2 N–H and O–H groups in total. The van der Waals surface area contributed by atoms with Crippen LogP contribution in [-0.4, -0.2) is 43.2 Å². The number of anilines is 1. The highest BCUT2D eigenvalue weighted by molar-refractivity contribution is 5.80. The average molecular weight is 358 g/mol. The Morgan fingerprint density at radius 3 is 2.62 bits per heavy atom. The topological polar surface area (TPSA) is 52.6 Å². The molecule has 0 unspecified atom stereocenters. The van der Waals surface area contributed by atoms with Gasteiger partial charge in [-0.05, 0) is 56.6 Å². The molecule has 1 aromatic heterocycles. The summed E-state index contributed by atoms with van der Waals surface area (Å²) in [5.41, 5.74) is 1.62. The lowest BCUT2D eigenvalue weighted by atomic mass is 9.89. The fourth-order valence-electron chi connectivity index (χ4n) is 4.07. The van der Waals surface area contributed by atoms with Gasteiger partial charge in [-0.15, -0.1) is 0 Å². The van der Waals surface area contributed by atoms with E-state index in [9.17, 15) is 0 Å². The summed E-state index contributed by atoms with van der Waals surface area (Å²) in [6.07, 6.45) is 9.56. The lowest BCUT2D eigenvalue weighted by Crippen LogP contribution is -2.49. The number of nitrogens with one attached hydrogen (secondary N) is 2. The van der Waals surface area contributed by atoms with Gasteiger partial charge in [0, 0.05) is 38.4 Å². The van der Waals surface area contributed by atoms with Crippen LogP contribution >= 0.6 is 0 Å². The van der Waals surface area contributed by atoms with Crippen molar-refractivity contribution in [2.24, 2.45) is 10.4 Å². The molecule has 3 rings (SSSR count). The number of pyridine rings is 1. The predicted molar refractivity (Wildman–Crippen MR) is 110 cm³/mol. The minimum atomic E-state index is 0.406. The van der Waals surface area contributed by atoms with Crippen LogP contribution < -0.4 is 15.5 Å². The number of rotatable bonds is 5. The first-order valence-corrected chi connectivity index (χ1v) is 10.3. The summed E-state index contributed by atoms with van der Waals surface area (Å²) in [4.78, 5) is 11.9. The van der Waals surface area contributed by atoms with Crippen LogP contribution in [-0.2, 0) is 0 Å². The molecule has 144 valence electrons. The molecular weight excluding hydrogens is 322 g/mol. The maximum atomic E-state index is 4.92. The van der Waals surface area contributed by atoms with Crippen LogP contribution in [0.1, 0.15) is 57.9 Å². The van der Waals surface area contributed by atoms with E-state index in [4.69, 9.17) is 4.99 Å². The lowest BCUT2D eigenvalue weighted by molar-refractivity contribution is 0.349. The van der Waals surface area contributed by atoms with Crippen LogP contribution in [0.5, 0.6) is 0 Å². The molecule has 1 saturated heterocycles. The van der Waals surface area contributed by atoms with Gasteiger partial charge in [-0.3, -0.25) is 4.99 Å². The van der Waals surface area contributed by atoms with E-state index in [1.165, 1.54) is 31.2 Å². The first kappa shape index (κ1) is 19.0. The van der Waals surface area contributed by atoms with Gasteiger partial charge >= 0.3 is 0 Å². The van der Waals surface area contributed by atoms with Gasteiger partial charge in [0.2, 0.25) is 0 Å².